The van der Waals surface area contributed by atoms with Gasteiger partial charge in [-0.2, -0.15) is 0 Å². The standard InChI is InChI=1S/C20H25NO6.C18H23N3O5.C17H25NO4.C17H24O5.C12H16O4.C8H10O2.CH2O2.CH4.H4N2.H3N/c1-5-7-9-12-15(16-13(25-3)10-8-11-14(16)26-4)18(22)17(19(23)21-12)20(24)27-6-2;1-4-5-7-10-13(14-11(25-2)8-6-9-12(14)26-3)16(22)15(17(23)20-10)18(24)21-19;2*1-5-7-9-12(18)15(17(19)22-6-2)16-13(20-3)10-8-11-14(16)21-4;1-4-16-12(13)8-9-10(14-2)6-5-7-11(9)15-3;1-9-7-4-3-5-8(6-7)10-2;2-1-3;;1-2;/h8,10-11H,5-7,9H2,1-4H3,(H2,21,22,23);6,8-9H,4-5,7,19H2,1-3H3,(H,21,24)(H2,20,22,23);8,10-11H,5-7,9,18H2,1-4H3;8,10-11,18H,5-7,9H2,1-4H3;5-7H,4,8H2,1-3H3;3-6H,1-2H3;1H,(H,2,3);1H4;1-2H2;1H3/b;;15-12-;;;;;;;. The van der Waals surface area contributed by atoms with Gasteiger partial charge in [-0.15, -0.1) is 0 Å². The highest BCUT2D eigenvalue weighted by Crippen LogP contribution is 2.47. The van der Waals surface area contributed by atoms with Crippen molar-refractivity contribution < 1.29 is 125 Å². The minimum atomic E-state index is -0.888. The van der Waals surface area contributed by atoms with Crippen LogP contribution >= 0.6 is 0 Å². The molecule has 0 saturated carbocycles. The number of aryl methyl sites for hydroxylation is 2. The van der Waals surface area contributed by atoms with Gasteiger partial charge in [0, 0.05) is 35.1 Å². The number of methoxy groups -OCH3 is 12. The fourth-order valence-corrected chi connectivity index (χ4v) is 12.3. The number of nitrogens with one attached hydrogen (secondary N) is 3. The molecule has 1 amide bonds. The number of hydrogen-bond acceptors (Lipinski definition) is 32. The van der Waals surface area contributed by atoms with Crippen LogP contribution in [0.5, 0.6) is 80.5 Å². The highest BCUT2D eigenvalue weighted by Gasteiger charge is 2.32. The second-order valence-electron chi connectivity index (χ2n) is 26.1. The molecule has 0 fully saturated rings. The van der Waals surface area contributed by atoms with Gasteiger partial charge in [-0.1, -0.05) is 97.2 Å². The van der Waals surface area contributed by atoms with Gasteiger partial charge < -0.3 is 118 Å². The smallest absolute Gasteiger partial charge is 0.347 e. The van der Waals surface area contributed by atoms with Crippen LogP contribution in [0.3, 0.4) is 0 Å². The molecule has 2 heterocycles. The first-order valence-electron chi connectivity index (χ1n) is 40.9. The molecule has 2 aromatic heterocycles. The summed E-state index contributed by atoms with van der Waals surface area (Å²) in [6.45, 7) is 15.7. The number of rotatable bonds is 38. The average molecular weight is 1830 g/mol. The molecule has 0 spiro atoms. The number of esters is 4. The molecule has 0 aliphatic carbocycles. The van der Waals surface area contributed by atoms with Crippen LogP contribution in [-0.4, -0.2) is 178 Å². The fraction of sp³-hybridized carbons (Fsp3) is 0.404. The lowest BCUT2D eigenvalue weighted by atomic mass is 9.95. The number of aromatic hydroxyl groups is 2. The predicted molar refractivity (Wildman–Crippen MR) is 500 cm³/mol. The molecule has 0 atom stereocenters. The molecule has 0 bridgehead atoms. The third-order valence-corrected chi connectivity index (χ3v) is 18.2. The van der Waals surface area contributed by atoms with E-state index in [1.165, 1.54) is 42.7 Å². The van der Waals surface area contributed by atoms with Crippen LogP contribution in [-0.2, 0) is 57.4 Å². The number of ether oxygens (including phenoxy) is 16. The summed E-state index contributed by atoms with van der Waals surface area (Å²) in [6, 6.07) is 33.7. The molecule has 0 saturated heterocycles. The Bertz CT molecular complexity index is 4720. The van der Waals surface area contributed by atoms with Crippen molar-refractivity contribution in [1.82, 2.24) is 21.5 Å². The second-order valence-corrected chi connectivity index (χ2v) is 26.1. The van der Waals surface area contributed by atoms with E-state index in [9.17, 15) is 48.9 Å². The maximum Gasteiger partial charge on any atom is 0.347 e. The zero-order valence-corrected chi connectivity index (χ0v) is 77.7. The van der Waals surface area contributed by atoms with Gasteiger partial charge in [-0.3, -0.25) is 41.1 Å². The van der Waals surface area contributed by atoms with Gasteiger partial charge in [0.2, 0.25) is 0 Å². The second kappa shape index (κ2) is 66.6. The van der Waals surface area contributed by atoms with E-state index in [4.69, 9.17) is 97.3 Å². The van der Waals surface area contributed by atoms with Gasteiger partial charge in [0.15, 0.2) is 5.56 Å². The lowest BCUT2D eigenvalue weighted by molar-refractivity contribution is -0.142. The minimum Gasteiger partial charge on any atom is -0.511 e. The lowest BCUT2D eigenvalue weighted by Crippen LogP contribution is -2.35. The molecular formula is C94H136N8O28. The van der Waals surface area contributed by atoms with Gasteiger partial charge in [0.1, 0.15) is 97.4 Å². The van der Waals surface area contributed by atoms with Gasteiger partial charge in [-0.25, -0.2) is 20.2 Å². The number of nitrogens with two attached hydrogens (primary N) is 4. The zero-order chi connectivity index (χ0) is 96.4. The number of aromatic amines is 2. The molecule has 18 N–H and O–H groups in total. The molecule has 0 unspecified atom stereocenters. The van der Waals surface area contributed by atoms with Crippen molar-refractivity contribution in [1.29, 1.82) is 0 Å². The normalized spacial score (nSPS) is 10.2. The third kappa shape index (κ3) is 35.1. The van der Waals surface area contributed by atoms with Crippen molar-refractivity contribution in [3.05, 3.63) is 187 Å². The Balaban J connectivity index is 0. The first-order chi connectivity index (χ1) is 61.7. The fourth-order valence-electron chi connectivity index (χ4n) is 12.3. The van der Waals surface area contributed by atoms with Crippen LogP contribution in [0.15, 0.2) is 136 Å². The van der Waals surface area contributed by atoms with E-state index in [0.29, 0.717) is 146 Å². The number of aliphatic hydroxyl groups is 1. The summed E-state index contributed by atoms with van der Waals surface area (Å²) in [7, 11) is 18.5. The predicted octanol–water partition coefficient (Wildman–Crippen LogP) is 14.7. The van der Waals surface area contributed by atoms with E-state index in [-0.39, 0.29) is 69.2 Å². The maximum atomic E-state index is 12.5. The largest absolute Gasteiger partial charge is 0.511 e. The number of hydrogen-bond donors (Lipinski definition) is 12. The van der Waals surface area contributed by atoms with Crippen molar-refractivity contribution in [2.24, 2.45) is 23.3 Å². The topological polar surface area (TPSA) is 548 Å². The number of carbonyl (C=O) groups is 6. The molecular weight excluding hydrogens is 1690 g/mol. The highest BCUT2D eigenvalue weighted by atomic mass is 16.6. The number of aromatic nitrogens is 2. The molecule has 36 heteroatoms. The number of carbonyl (C=O) groups excluding carboxylic acids is 5. The van der Waals surface area contributed by atoms with Crippen molar-refractivity contribution in [3.8, 4) is 103 Å². The number of carboxylic acid groups (broad SMARTS) is 1. The Labute approximate surface area is 761 Å². The Kier molecular flexibility index (Phi) is 60.5. The number of H-pyrrole nitrogens is 2. The Hall–Kier alpha value is -13.8. The number of nitrogen functional groups attached to an aromatic ring is 1. The summed E-state index contributed by atoms with van der Waals surface area (Å²) in [5.74, 6) is 15.8. The molecule has 0 radical (unpaired) electrons. The van der Waals surface area contributed by atoms with Crippen molar-refractivity contribution in [2.45, 2.75) is 146 Å². The number of allylic oxidation sites excluding steroid dienone is 2. The van der Waals surface area contributed by atoms with E-state index in [1.807, 2.05) is 56.5 Å². The molecule has 0 aliphatic rings. The molecule has 6 aromatic carbocycles. The van der Waals surface area contributed by atoms with Crippen molar-refractivity contribution >= 4 is 47.4 Å². The van der Waals surface area contributed by atoms with Crippen molar-refractivity contribution in [2.75, 3.05) is 112 Å². The third-order valence-electron chi connectivity index (χ3n) is 18.2. The quantitative estimate of drug-likeness (QED) is 0.00250. The minimum absolute atomic E-state index is 0. The first-order valence-corrected chi connectivity index (χ1v) is 40.9. The Morgan fingerprint density at radius 3 is 1.05 bits per heavy atom. The number of unbranched alkanes of at least 4 members (excludes halogenated alkanes) is 4. The number of hydrazine groups is 2. The summed E-state index contributed by atoms with van der Waals surface area (Å²) in [5.41, 5.74) is 10.9. The van der Waals surface area contributed by atoms with Gasteiger partial charge in [-0.05, 0) is 145 Å². The molecule has 8 rings (SSSR count). The first kappa shape index (κ1) is 118. The van der Waals surface area contributed by atoms with E-state index < -0.39 is 57.6 Å². The summed E-state index contributed by atoms with van der Waals surface area (Å²) < 4.78 is 83.5. The average Bonchev–Trinajstić information content (AvgIpc) is 0.762. The highest BCUT2D eigenvalue weighted by molar-refractivity contribution is 6.20. The molecule has 8 aromatic rings. The summed E-state index contributed by atoms with van der Waals surface area (Å²) in [5, 5.41) is 39.0. The van der Waals surface area contributed by atoms with Crippen LogP contribution in [0.2, 0.25) is 0 Å². The summed E-state index contributed by atoms with van der Waals surface area (Å²) in [4.78, 5) is 99.0. The zero-order valence-electron chi connectivity index (χ0n) is 77.7. The van der Waals surface area contributed by atoms with E-state index in [1.54, 1.807) is 155 Å². The Morgan fingerprint density at radius 2 is 0.723 bits per heavy atom. The van der Waals surface area contributed by atoms with Crippen LogP contribution in [0, 0.1) is 0 Å². The maximum absolute atomic E-state index is 12.5. The van der Waals surface area contributed by atoms with Gasteiger partial charge in [0.05, 0.1) is 157 Å². The summed E-state index contributed by atoms with van der Waals surface area (Å²) in [6.07, 6.45) is 9.08. The SMILES string of the molecule is C.CCCC/C(N)=C(/C(=O)OCC)c1c(OC)cccc1OC.CCCCC(O)=C(C(=O)OCC)c1c(OC)cccc1OC.CCCCc1[nH]c(=O)c(C(=O)NN)c(O)c1-c1c(OC)cccc1OC.CCCCc1[nH]c(=O)c(C(=O)OCC)c(O)c1-c1c(OC)cccc1OC.CCOC(=O)Cc1c(OC)cccc1OC.COc1cccc(OC)c1.N.NN.O=CO. The van der Waals surface area contributed by atoms with E-state index >= 15 is 0 Å². The van der Waals surface area contributed by atoms with Gasteiger partial charge in [0.25, 0.3) is 23.5 Å². The molecule has 36 nitrogen and oxygen atoms in total. The molecule has 0 aliphatic heterocycles. The van der Waals surface area contributed by atoms with Crippen molar-refractivity contribution in [3.63, 3.8) is 0 Å². The number of aliphatic hydroxyl groups excluding tert-OH is 1. The monoisotopic (exact) mass is 1820 g/mol. The van der Waals surface area contributed by atoms with Crippen LogP contribution in [0.1, 0.15) is 176 Å². The Morgan fingerprint density at radius 1 is 0.415 bits per heavy atom. The van der Waals surface area contributed by atoms with E-state index in [2.05, 4.69) is 28.6 Å². The lowest BCUT2D eigenvalue weighted by Gasteiger charge is -2.18. The van der Waals surface area contributed by atoms with E-state index in [0.717, 1.165) is 62.9 Å². The molecule has 130 heavy (non-hydrogen) atoms. The summed E-state index contributed by atoms with van der Waals surface area (Å²) >= 11 is 0. The van der Waals surface area contributed by atoms with Gasteiger partial charge >= 0.3 is 23.9 Å². The number of amides is 1. The van der Waals surface area contributed by atoms with Crippen LogP contribution in [0.4, 0.5) is 0 Å². The number of benzene rings is 6. The number of pyridine rings is 2. The molecule has 720 valence electrons. The van der Waals surface area contributed by atoms with Crippen LogP contribution < -0.4 is 103 Å². The van der Waals surface area contributed by atoms with Crippen LogP contribution in [0.25, 0.3) is 33.4 Å².